The van der Waals surface area contributed by atoms with E-state index in [1.54, 1.807) is 0 Å². The molecule has 0 bridgehead atoms. The predicted octanol–water partition coefficient (Wildman–Crippen LogP) is -7.12. The fraction of sp³-hybridized carbons (Fsp3) is 0. The normalized spacial score (nSPS) is 4.14. The van der Waals surface area contributed by atoms with E-state index >= 15 is 0 Å². The molecule has 102 valence electrons. The van der Waals surface area contributed by atoms with E-state index in [1.165, 1.54) is 0 Å². The van der Waals surface area contributed by atoms with E-state index in [-0.39, 0.29) is 72.5 Å². The Hall–Kier alpha value is 0.629. The van der Waals surface area contributed by atoms with Crippen molar-refractivity contribution in [3.05, 3.63) is 0 Å². The molecule has 0 aliphatic carbocycles. The Balaban J connectivity index is -0.00000000222. The van der Waals surface area contributed by atoms with Crippen molar-refractivity contribution in [1.82, 2.24) is 0 Å². The van der Waals surface area contributed by atoms with Gasteiger partial charge in [-0.3, -0.25) is 8.42 Å². The third kappa shape index (κ3) is 4320. The summed E-state index contributed by atoms with van der Waals surface area (Å²) >= 11 is 0. The Bertz CT molecular complexity index is 96.5. The molecular formula is H14Fe2O11S. The third-order valence-electron chi connectivity index (χ3n) is 0. The maximum Gasteiger partial charge on any atom is 2.00 e. The molecule has 11 nitrogen and oxygen atoms in total. The van der Waals surface area contributed by atoms with Crippen LogP contribution >= 0.6 is 0 Å². The zero-order valence-corrected chi connectivity index (χ0v) is 9.27. The van der Waals surface area contributed by atoms with Gasteiger partial charge in [0.15, 0.2) is 0 Å². The molecule has 0 aliphatic rings. The van der Waals surface area contributed by atoms with Crippen LogP contribution in [0.1, 0.15) is 0 Å². The fourth-order valence-corrected chi connectivity index (χ4v) is 0. The first-order valence-corrected chi connectivity index (χ1v) is 2.00. The van der Waals surface area contributed by atoms with E-state index in [9.17, 15) is 0 Å². The van der Waals surface area contributed by atoms with Crippen molar-refractivity contribution in [3.63, 3.8) is 0 Å². The van der Waals surface area contributed by atoms with Gasteiger partial charge in [-0.05, 0) is 0 Å². The standard InChI is InChI=1S/2Fe.H2O4S.7H2O/c;;1-5(2,3)4;;;;;;;/h;;(H2,1,2,3,4);7*1H2/q;+2;;;;;;;;/p-2. The minimum atomic E-state index is -5.17. The maximum atomic E-state index is 8.52. The molecule has 0 saturated carbocycles. The molecule has 0 aliphatic heterocycles. The fourth-order valence-electron chi connectivity index (χ4n) is 0. The van der Waals surface area contributed by atoms with Crippen LogP contribution in [0.15, 0.2) is 0 Å². The molecule has 0 aromatic heterocycles. The van der Waals surface area contributed by atoms with Crippen LogP contribution in [0.25, 0.3) is 0 Å². The maximum absolute atomic E-state index is 8.52. The molecule has 14 heteroatoms. The van der Waals surface area contributed by atoms with Crippen LogP contribution in [0.5, 0.6) is 0 Å². The largest absolute Gasteiger partial charge is 2.00 e. The van der Waals surface area contributed by atoms with E-state index in [0.717, 1.165) is 0 Å². The first kappa shape index (κ1) is 127. The molecule has 0 aromatic rings. The Labute approximate surface area is 101 Å². The van der Waals surface area contributed by atoms with E-state index in [1.807, 2.05) is 0 Å². The number of rotatable bonds is 0. The average Bonchev–Trinajstić information content (AvgIpc) is 0.722. The van der Waals surface area contributed by atoms with Crippen LogP contribution in [0, 0.1) is 0 Å². The molecule has 14 N–H and O–H groups in total. The topological polar surface area (TPSA) is 301 Å². The van der Waals surface area contributed by atoms with Gasteiger partial charge < -0.3 is 47.4 Å². The minimum absolute atomic E-state index is 0. The van der Waals surface area contributed by atoms with Gasteiger partial charge in [0.2, 0.25) is 0 Å². The Kier molecular flexibility index (Phi) is 448. The van der Waals surface area contributed by atoms with Gasteiger partial charge in [0, 0.05) is 27.5 Å². The van der Waals surface area contributed by atoms with Crippen molar-refractivity contribution in [2.45, 2.75) is 0 Å². The second kappa shape index (κ2) is 49.5. The first-order chi connectivity index (χ1) is 2.00. The predicted molar refractivity (Wildman–Crippen MR) is 35.8 cm³/mol. The van der Waals surface area contributed by atoms with Crippen LogP contribution in [-0.4, -0.2) is 55.9 Å². The summed E-state index contributed by atoms with van der Waals surface area (Å²) in [7, 11) is -5.17. The van der Waals surface area contributed by atoms with Crippen molar-refractivity contribution in [1.29, 1.82) is 0 Å². The summed E-state index contributed by atoms with van der Waals surface area (Å²) in [6.07, 6.45) is 0. The van der Waals surface area contributed by atoms with Crippen LogP contribution < -0.4 is 0 Å². The summed E-state index contributed by atoms with van der Waals surface area (Å²) in [6.45, 7) is 0. The van der Waals surface area contributed by atoms with E-state index in [0.29, 0.717) is 0 Å². The zero-order valence-electron chi connectivity index (χ0n) is 6.25. The van der Waals surface area contributed by atoms with Gasteiger partial charge in [-0.1, -0.05) is 0 Å². The Morgan fingerprint density at radius 2 is 0.643 bits per heavy atom. The average molecular weight is 334 g/mol. The minimum Gasteiger partial charge on any atom is -0.759 e. The summed E-state index contributed by atoms with van der Waals surface area (Å²) in [5.74, 6) is 0. The first-order valence-electron chi connectivity index (χ1n) is 0.667. The molecule has 0 atom stereocenters. The Morgan fingerprint density at radius 1 is 0.643 bits per heavy atom. The molecular weight excluding hydrogens is 320 g/mol. The van der Waals surface area contributed by atoms with Gasteiger partial charge in [-0.25, -0.2) is 0 Å². The summed E-state index contributed by atoms with van der Waals surface area (Å²) in [5.41, 5.74) is 0. The van der Waals surface area contributed by atoms with E-state index in [2.05, 4.69) is 0 Å². The molecule has 0 unspecified atom stereocenters. The molecule has 0 rings (SSSR count). The number of hydrogen-bond acceptors (Lipinski definition) is 4. The SMILES string of the molecule is O.O.O.O.O.O.O.O=S(=O)([O-])[O-].[Fe+2].[Fe]. The summed E-state index contributed by atoms with van der Waals surface area (Å²) in [5, 5.41) is 0. The van der Waals surface area contributed by atoms with Gasteiger partial charge in [0.05, 0.1) is 0 Å². The van der Waals surface area contributed by atoms with Gasteiger partial charge in [-0.15, -0.1) is 0 Å². The van der Waals surface area contributed by atoms with Crippen molar-refractivity contribution >= 4 is 10.4 Å². The van der Waals surface area contributed by atoms with Crippen LogP contribution in [-0.2, 0) is 44.5 Å². The zero-order chi connectivity index (χ0) is 4.50. The van der Waals surface area contributed by atoms with Crippen molar-refractivity contribution in [3.8, 4) is 0 Å². The molecule has 0 amide bonds. The third-order valence-corrected chi connectivity index (χ3v) is 0. The van der Waals surface area contributed by atoms with Crippen molar-refractivity contribution in [2.24, 2.45) is 0 Å². The molecule has 0 heterocycles. The van der Waals surface area contributed by atoms with Crippen LogP contribution in [0.3, 0.4) is 0 Å². The van der Waals surface area contributed by atoms with E-state index < -0.39 is 10.4 Å². The molecule has 0 aromatic carbocycles. The molecule has 0 spiro atoms. The molecule has 0 fully saturated rings. The van der Waals surface area contributed by atoms with Crippen molar-refractivity contribution < 1.29 is 90.0 Å². The van der Waals surface area contributed by atoms with Crippen molar-refractivity contribution in [2.75, 3.05) is 0 Å². The summed E-state index contributed by atoms with van der Waals surface area (Å²) in [4.78, 5) is 0. The van der Waals surface area contributed by atoms with Gasteiger partial charge >= 0.3 is 17.1 Å². The van der Waals surface area contributed by atoms with Gasteiger partial charge in [-0.2, -0.15) is 0 Å². The van der Waals surface area contributed by atoms with Gasteiger partial charge in [0.1, 0.15) is 0 Å². The smallest absolute Gasteiger partial charge is 0.759 e. The summed E-state index contributed by atoms with van der Waals surface area (Å²) < 4.78 is 34.1. The van der Waals surface area contributed by atoms with Gasteiger partial charge in [0.25, 0.3) is 0 Å². The quantitative estimate of drug-likeness (QED) is 0.236. The van der Waals surface area contributed by atoms with Crippen LogP contribution in [0.4, 0.5) is 0 Å². The second-order valence-electron chi connectivity index (χ2n) is 0.408. The second-order valence-corrected chi connectivity index (χ2v) is 1.22. The monoisotopic (exact) mass is 334 g/mol. The van der Waals surface area contributed by atoms with Crippen LogP contribution in [0.2, 0.25) is 0 Å². The number of hydrogen-bond donors (Lipinski definition) is 0. The summed E-state index contributed by atoms with van der Waals surface area (Å²) in [6, 6.07) is 0. The molecule has 14 heavy (non-hydrogen) atoms. The molecule has 0 radical (unpaired) electrons. The van der Waals surface area contributed by atoms with E-state index in [4.69, 9.17) is 17.5 Å². The Morgan fingerprint density at radius 3 is 0.643 bits per heavy atom. The molecule has 0 saturated heterocycles.